The molecule has 2 amide bonds. The Kier molecular flexibility index (Phi) is 7.15. The molecule has 0 heterocycles. The molecule has 1 atom stereocenters. The highest BCUT2D eigenvalue weighted by molar-refractivity contribution is 5.95. The Hall–Kier alpha value is -3.81. The third kappa shape index (κ3) is 6.49. The highest BCUT2D eigenvalue weighted by atomic mass is 16.4. The summed E-state index contributed by atoms with van der Waals surface area (Å²) in [5, 5.41) is 32.6. The van der Waals surface area contributed by atoms with Gasteiger partial charge in [-0.25, -0.2) is 4.79 Å². The summed E-state index contributed by atoms with van der Waals surface area (Å²) >= 11 is 0. The number of aliphatic carboxylic acids is 1. The monoisotopic (exact) mass is 384 g/mol. The number of benzene rings is 2. The molecule has 2 aromatic carbocycles. The molecule has 0 unspecified atom stereocenters. The van der Waals surface area contributed by atoms with Crippen LogP contribution in [-0.4, -0.2) is 45.7 Å². The molecule has 0 spiro atoms. The fourth-order valence-corrected chi connectivity index (χ4v) is 2.34. The normalized spacial score (nSPS) is 11.7. The number of phenolic OH excluding ortho intramolecular Hbond substituents is 2. The van der Waals surface area contributed by atoms with E-state index in [4.69, 9.17) is 0 Å². The fraction of sp³-hybridized carbons (Fsp3) is 0.150. The van der Waals surface area contributed by atoms with Gasteiger partial charge < -0.3 is 26.0 Å². The minimum atomic E-state index is -1.17. The first-order valence-electron chi connectivity index (χ1n) is 8.39. The highest BCUT2D eigenvalue weighted by Crippen LogP contribution is 2.25. The van der Waals surface area contributed by atoms with Gasteiger partial charge in [-0.1, -0.05) is 36.4 Å². The summed E-state index contributed by atoms with van der Waals surface area (Å²) in [7, 11) is 0. The summed E-state index contributed by atoms with van der Waals surface area (Å²) < 4.78 is 0. The Morgan fingerprint density at radius 2 is 1.71 bits per heavy atom. The second-order valence-corrected chi connectivity index (χ2v) is 5.95. The largest absolute Gasteiger partial charge is 0.504 e. The van der Waals surface area contributed by atoms with Crippen LogP contribution in [0.15, 0.2) is 54.6 Å². The number of carbonyl (C=O) groups excluding carboxylic acids is 2. The molecule has 8 heteroatoms. The van der Waals surface area contributed by atoms with E-state index < -0.39 is 23.8 Å². The SMILES string of the molecule is O=C(/C=C/c1ccc(O)c(O)c1)NCC(=O)N[C@@H](Cc1ccccc1)C(=O)O. The lowest BCUT2D eigenvalue weighted by Gasteiger charge is -2.14. The van der Waals surface area contributed by atoms with Crippen molar-refractivity contribution in [1.29, 1.82) is 0 Å². The van der Waals surface area contributed by atoms with Crippen LogP contribution in [0.25, 0.3) is 6.08 Å². The van der Waals surface area contributed by atoms with E-state index in [1.165, 1.54) is 24.3 Å². The summed E-state index contributed by atoms with van der Waals surface area (Å²) in [6.07, 6.45) is 2.67. The van der Waals surface area contributed by atoms with Crippen LogP contribution < -0.4 is 10.6 Å². The number of carboxylic acids is 1. The first-order valence-corrected chi connectivity index (χ1v) is 8.39. The maximum absolute atomic E-state index is 11.9. The van der Waals surface area contributed by atoms with E-state index in [0.717, 1.165) is 11.6 Å². The van der Waals surface area contributed by atoms with Crippen molar-refractivity contribution in [2.75, 3.05) is 6.54 Å². The molecule has 0 aromatic heterocycles. The van der Waals surface area contributed by atoms with Gasteiger partial charge in [0.2, 0.25) is 11.8 Å². The van der Waals surface area contributed by atoms with Gasteiger partial charge in [0, 0.05) is 12.5 Å². The van der Waals surface area contributed by atoms with Gasteiger partial charge in [0.15, 0.2) is 11.5 Å². The van der Waals surface area contributed by atoms with Crippen molar-refractivity contribution in [3.05, 3.63) is 65.7 Å². The summed E-state index contributed by atoms with van der Waals surface area (Å²) in [6, 6.07) is 11.8. The molecule has 2 aromatic rings. The smallest absolute Gasteiger partial charge is 0.326 e. The molecule has 0 aliphatic rings. The number of phenols is 2. The maximum atomic E-state index is 11.9. The highest BCUT2D eigenvalue weighted by Gasteiger charge is 2.20. The van der Waals surface area contributed by atoms with Crippen LogP contribution in [0.5, 0.6) is 11.5 Å². The minimum absolute atomic E-state index is 0.125. The lowest BCUT2D eigenvalue weighted by Crippen LogP contribution is -2.46. The Morgan fingerprint density at radius 1 is 1.00 bits per heavy atom. The van der Waals surface area contributed by atoms with Crippen molar-refractivity contribution in [1.82, 2.24) is 10.6 Å². The Morgan fingerprint density at radius 3 is 2.36 bits per heavy atom. The van der Waals surface area contributed by atoms with E-state index in [1.807, 2.05) is 0 Å². The van der Waals surface area contributed by atoms with E-state index in [9.17, 15) is 29.7 Å². The molecule has 5 N–H and O–H groups in total. The zero-order chi connectivity index (χ0) is 20.5. The summed E-state index contributed by atoms with van der Waals surface area (Å²) in [6.45, 7) is -0.386. The number of amides is 2. The molecule has 0 saturated heterocycles. The van der Waals surface area contributed by atoms with Crippen molar-refractivity contribution >= 4 is 23.9 Å². The zero-order valence-electron chi connectivity index (χ0n) is 14.8. The van der Waals surface area contributed by atoms with Crippen LogP contribution >= 0.6 is 0 Å². The molecule has 146 valence electrons. The average molecular weight is 384 g/mol. The first kappa shape index (κ1) is 20.5. The van der Waals surface area contributed by atoms with Crippen LogP contribution in [0.4, 0.5) is 0 Å². The van der Waals surface area contributed by atoms with Gasteiger partial charge in [0.1, 0.15) is 6.04 Å². The number of carboxylic acid groups (broad SMARTS) is 1. The van der Waals surface area contributed by atoms with E-state index in [0.29, 0.717) is 5.56 Å². The number of carbonyl (C=O) groups is 3. The second kappa shape index (κ2) is 9.77. The minimum Gasteiger partial charge on any atom is -0.504 e. The van der Waals surface area contributed by atoms with Gasteiger partial charge in [-0.2, -0.15) is 0 Å². The van der Waals surface area contributed by atoms with E-state index in [-0.39, 0.29) is 24.5 Å². The Bertz CT molecular complexity index is 880. The number of hydrogen-bond donors (Lipinski definition) is 5. The quantitative estimate of drug-likeness (QED) is 0.341. The van der Waals surface area contributed by atoms with Crippen molar-refractivity contribution in [3.8, 4) is 11.5 Å². The number of hydrogen-bond acceptors (Lipinski definition) is 5. The molecule has 0 fully saturated rings. The van der Waals surface area contributed by atoms with Gasteiger partial charge in [0.05, 0.1) is 6.54 Å². The summed E-state index contributed by atoms with van der Waals surface area (Å²) in [4.78, 5) is 35.0. The Balaban J connectivity index is 1.84. The molecule has 0 aliphatic carbocycles. The topological polar surface area (TPSA) is 136 Å². The lowest BCUT2D eigenvalue weighted by molar-refractivity contribution is -0.141. The molecule has 0 radical (unpaired) electrons. The molecular weight excluding hydrogens is 364 g/mol. The second-order valence-electron chi connectivity index (χ2n) is 5.95. The predicted octanol–water partition coefficient (Wildman–Crippen LogP) is 1.04. The number of aromatic hydroxyl groups is 2. The first-order chi connectivity index (χ1) is 13.3. The average Bonchev–Trinajstić information content (AvgIpc) is 2.67. The molecule has 2 rings (SSSR count). The van der Waals surface area contributed by atoms with Crippen molar-refractivity contribution < 1.29 is 29.7 Å². The van der Waals surface area contributed by atoms with Crippen molar-refractivity contribution in [2.45, 2.75) is 12.5 Å². The van der Waals surface area contributed by atoms with E-state index >= 15 is 0 Å². The third-order valence-electron chi connectivity index (χ3n) is 3.77. The van der Waals surface area contributed by atoms with Crippen molar-refractivity contribution in [3.63, 3.8) is 0 Å². The van der Waals surface area contributed by atoms with E-state index in [1.54, 1.807) is 30.3 Å². The molecular formula is C20H20N2O6. The van der Waals surface area contributed by atoms with Gasteiger partial charge in [0.25, 0.3) is 0 Å². The van der Waals surface area contributed by atoms with Crippen LogP contribution in [0, 0.1) is 0 Å². The van der Waals surface area contributed by atoms with Crippen LogP contribution in [0.2, 0.25) is 0 Å². The lowest BCUT2D eigenvalue weighted by atomic mass is 10.1. The molecule has 8 nitrogen and oxygen atoms in total. The third-order valence-corrected chi connectivity index (χ3v) is 3.77. The molecule has 0 aliphatic heterocycles. The number of rotatable bonds is 8. The standard InChI is InChI=1S/C20H20N2O6/c23-16-8-6-14(11-17(16)24)7-9-18(25)21-12-19(26)22-15(20(27)28)10-13-4-2-1-3-5-13/h1-9,11,15,23-24H,10,12H2,(H,21,25)(H,22,26)(H,27,28)/b9-7+/t15-/m0/s1. The van der Waals surface area contributed by atoms with Gasteiger partial charge in [-0.3, -0.25) is 9.59 Å². The van der Waals surface area contributed by atoms with Gasteiger partial charge in [-0.15, -0.1) is 0 Å². The van der Waals surface area contributed by atoms with Gasteiger partial charge >= 0.3 is 5.97 Å². The van der Waals surface area contributed by atoms with Crippen LogP contribution in [-0.2, 0) is 20.8 Å². The maximum Gasteiger partial charge on any atom is 0.326 e. The fourth-order valence-electron chi connectivity index (χ4n) is 2.34. The molecule has 0 bridgehead atoms. The Labute approximate surface area is 161 Å². The number of nitrogens with one attached hydrogen (secondary N) is 2. The van der Waals surface area contributed by atoms with Crippen LogP contribution in [0.1, 0.15) is 11.1 Å². The molecule has 0 saturated carbocycles. The van der Waals surface area contributed by atoms with E-state index in [2.05, 4.69) is 10.6 Å². The van der Waals surface area contributed by atoms with Crippen molar-refractivity contribution in [2.24, 2.45) is 0 Å². The predicted molar refractivity (Wildman–Crippen MR) is 102 cm³/mol. The van der Waals surface area contributed by atoms with Gasteiger partial charge in [-0.05, 0) is 29.3 Å². The zero-order valence-corrected chi connectivity index (χ0v) is 14.8. The summed E-state index contributed by atoms with van der Waals surface area (Å²) in [5.74, 6) is -2.97. The van der Waals surface area contributed by atoms with Crippen LogP contribution in [0.3, 0.4) is 0 Å². The summed E-state index contributed by atoms with van der Waals surface area (Å²) in [5.41, 5.74) is 1.24. The molecule has 28 heavy (non-hydrogen) atoms.